The molecule has 3 N–H and O–H groups in total. The molecule has 0 aliphatic heterocycles. The van der Waals surface area contributed by atoms with Crippen LogP contribution >= 0.6 is 0 Å². The minimum absolute atomic E-state index is 0.0395. The summed E-state index contributed by atoms with van der Waals surface area (Å²) in [5.41, 5.74) is 5.87. The fraction of sp³-hybridized carbons (Fsp3) is 0.438. The van der Waals surface area contributed by atoms with Crippen LogP contribution in [0, 0.1) is 11.7 Å². The molecule has 5 nitrogen and oxygen atoms in total. The number of Topliss-reactive ketones (excluding diaryl/α,β-unsaturated/α-hetero) is 1. The molecule has 1 aliphatic carbocycles. The standard InChI is InChI=1S/C16H19FN2O3/c17-12-5-1-3-10(7-12)8-14(21)19-15(16(18)22)11-4-2-6-13(20)9-11/h1,3,5,7,11,15H,2,4,6,8-9H2,(H2,18,22)(H,19,21)/t11-,15+/m0/s1. The van der Waals surface area contributed by atoms with E-state index < -0.39 is 23.7 Å². The zero-order valence-corrected chi connectivity index (χ0v) is 12.2. The van der Waals surface area contributed by atoms with Crippen LogP contribution in [0.4, 0.5) is 4.39 Å². The van der Waals surface area contributed by atoms with E-state index in [1.807, 2.05) is 0 Å². The van der Waals surface area contributed by atoms with Gasteiger partial charge in [-0.25, -0.2) is 4.39 Å². The number of rotatable bonds is 5. The summed E-state index contributed by atoms with van der Waals surface area (Å²) in [7, 11) is 0. The summed E-state index contributed by atoms with van der Waals surface area (Å²) < 4.78 is 13.1. The first-order valence-corrected chi connectivity index (χ1v) is 7.30. The summed E-state index contributed by atoms with van der Waals surface area (Å²) in [6, 6.07) is 4.85. The van der Waals surface area contributed by atoms with E-state index in [4.69, 9.17) is 5.73 Å². The monoisotopic (exact) mass is 306 g/mol. The number of amides is 2. The molecule has 0 spiro atoms. The number of benzene rings is 1. The lowest BCUT2D eigenvalue weighted by Gasteiger charge is -2.28. The van der Waals surface area contributed by atoms with Gasteiger partial charge in [0.1, 0.15) is 17.6 Å². The molecule has 6 heteroatoms. The van der Waals surface area contributed by atoms with Crippen molar-refractivity contribution in [2.24, 2.45) is 11.7 Å². The van der Waals surface area contributed by atoms with Gasteiger partial charge in [-0.2, -0.15) is 0 Å². The summed E-state index contributed by atoms with van der Waals surface area (Å²) in [4.78, 5) is 35.1. The minimum atomic E-state index is -0.856. The number of ketones is 1. The van der Waals surface area contributed by atoms with Gasteiger partial charge in [-0.1, -0.05) is 12.1 Å². The van der Waals surface area contributed by atoms with E-state index in [2.05, 4.69) is 5.32 Å². The summed E-state index contributed by atoms with van der Waals surface area (Å²) in [6.45, 7) is 0. The van der Waals surface area contributed by atoms with Gasteiger partial charge >= 0.3 is 0 Å². The molecular weight excluding hydrogens is 287 g/mol. The third-order valence-corrected chi connectivity index (χ3v) is 3.87. The lowest BCUT2D eigenvalue weighted by Crippen LogP contribution is -2.50. The van der Waals surface area contributed by atoms with Crippen molar-refractivity contribution in [3.05, 3.63) is 35.6 Å². The highest BCUT2D eigenvalue weighted by Crippen LogP contribution is 2.24. The molecule has 1 aromatic rings. The maximum absolute atomic E-state index is 13.1. The SMILES string of the molecule is NC(=O)[C@H](NC(=O)Cc1cccc(F)c1)[C@H]1CCCC(=O)C1. The van der Waals surface area contributed by atoms with Crippen LogP contribution in [0.3, 0.4) is 0 Å². The number of nitrogens with one attached hydrogen (secondary N) is 1. The predicted molar refractivity (Wildman–Crippen MR) is 78.2 cm³/mol. The van der Waals surface area contributed by atoms with Crippen molar-refractivity contribution in [2.75, 3.05) is 0 Å². The number of hydrogen-bond donors (Lipinski definition) is 2. The number of carbonyl (C=O) groups is 3. The maximum atomic E-state index is 13.1. The van der Waals surface area contributed by atoms with Crippen LogP contribution in [0.25, 0.3) is 0 Å². The van der Waals surface area contributed by atoms with Gasteiger partial charge < -0.3 is 11.1 Å². The molecule has 0 radical (unpaired) electrons. The number of nitrogens with two attached hydrogens (primary N) is 1. The minimum Gasteiger partial charge on any atom is -0.368 e. The first-order chi connectivity index (χ1) is 10.5. The molecule has 0 unspecified atom stereocenters. The number of halogens is 1. The second-order valence-electron chi connectivity index (χ2n) is 5.65. The Morgan fingerprint density at radius 3 is 2.82 bits per heavy atom. The number of carbonyl (C=O) groups excluding carboxylic acids is 3. The Balaban J connectivity index is 1.99. The van der Waals surface area contributed by atoms with E-state index in [1.54, 1.807) is 6.07 Å². The van der Waals surface area contributed by atoms with Crippen molar-refractivity contribution >= 4 is 17.6 Å². The summed E-state index contributed by atoms with van der Waals surface area (Å²) in [6.07, 6.45) is 2.11. The first-order valence-electron chi connectivity index (χ1n) is 7.30. The van der Waals surface area contributed by atoms with Crippen molar-refractivity contribution in [2.45, 2.75) is 38.1 Å². The van der Waals surface area contributed by atoms with Crippen LogP contribution in [0.1, 0.15) is 31.2 Å². The van der Waals surface area contributed by atoms with Crippen LogP contribution in [0.15, 0.2) is 24.3 Å². The topological polar surface area (TPSA) is 89.3 Å². The van der Waals surface area contributed by atoms with Crippen molar-refractivity contribution in [1.82, 2.24) is 5.32 Å². The molecule has 1 fully saturated rings. The van der Waals surface area contributed by atoms with Gasteiger partial charge in [0.25, 0.3) is 0 Å². The Morgan fingerprint density at radius 1 is 1.41 bits per heavy atom. The van der Waals surface area contributed by atoms with Gasteiger partial charge in [0.2, 0.25) is 11.8 Å². The second kappa shape index (κ2) is 7.15. The second-order valence-corrected chi connectivity index (χ2v) is 5.65. The van der Waals surface area contributed by atoms with E-state index in [1.165, 1.54) is 18.2 Å². The smallest absolute Gasteiger partial charge is 0.240 e. The molecule has 2 rings (SSSR count). The molecule has 2 amide bonds. The van der Waals surface area contributed by atoms with Crippen LogP contribution in [0.5, 0.6) is 0 Å². The van der Waals surface area contributed by atoms with Crippen LogP contribution < -0.4 is 11.1 Å². The average Bonchev–Trinajstić information content (AvgIpc) is 2.44. The lowest BCUT2D eigenvalue weighted by atomic mass is 9.83. The summed E-state index contributed by atoms with van der Waals surface area (Å²) in [5.74, 6) is -1.65. The molecule has 2 atom stereocenters. The molecule has 0 aromatic heterocycles. The van der Waals surface area contributed by atoms with Gasteiger partial charge in [0.05, 0.1) is 6.42 Å². The Hall–Kier alpha value is -2.24. The normalized spacial score (nSPS) is 19.5. The van der Waals surface area contributed by atoms with E-state index in [0.29, 0.717) is 24.8 Å². The molecule has 0 saturated heterocycles. The molecule has 1 aromatic carbocycles. The highest BCUT2D eigenvalue weighted by Gasteiger charge is 2.31. The van der Waals surface area contributed by atoms with Gasteiger partial charge in [-0.3, -0.25) is 14.4 Å². The van der Waals surface area contributed by atoms with E-state index in [9.17, 15) is 18.8 Å². The van der Waals surface area contributed by atoms with E-state index in [0.717, 1.165) is 0 Å². The highest BCUT2D eigenvalue weighted by molar-refractivity contribution is 5.89. The van der Waals surface area contributed by atoms with Crippen molar-refractivity contribution < 1.29 is 18.8 Å². The summed E-state index contributed by atoms with van der Waals surface area (Å²) >= 11 is 0. The van der Waals surface area contributed by atoms with Crippen molar-refractivity contribution in [1.29, 1.82) is 0 Å². The van der Waals surface area contributed by atoms with E-state index in [-0.39, 0.29) is 24.5 Å². The number of hydrogen-bond acceptors (Lipinski definition) is 3. The van der Waals surface area contributed by atoms with Gasteiger partial charge in [-0.05, 0) is 36.5 Å². The Labute approximate surface area is 128 Å². The zero-order valence-electron chi connectivity index (χ0n) is 12.2. The fourth-order valence-electron chi connectivity index (χ4n) is 2.82. The molecule has 0 heterocycles. The quantitative estimate of drug-likeness (QED) is 0.853. The highest BCUT2D eigenvalue weighted by atomic mass is 19.1. The Kier molecular flexibility index (Phi) is 5.25. The van der Waals surface area contributed by atoms with Gasteiger partial charge in [0, 0.05) is 12.8 Å². The van der Waals surface area contributed by atoms with Crippen LogP contribution in [0.2, 0.25) is 0 Å². The van der Waals surface area contributed by atoms with Gasteiger partial charge in [0.15, 0.2) is 0 Å². The summed E-state index contributed by atoms with van der Waals surface area (Å²) in [5, 5.41) is 2.59. The predicted octanol–water partition coefficient (Wildman–Crippen LogP) is 1.10. The Morgan fingerprint density at radius 2 is 2.18 bits per heavy atom. The molecule has 22 heavy (non-hydrogen) atoms. The van der Waals surface area contributed by atoms with Crippen LogP contribution in [-0.4, -0.2) is 23.6 Å². The first kappa shape index (κ1) is 16.1. The van der Waals surface area contributed by atoms with Gasteiger partial charge in [-0.15, -0.1) is 0 Å². The average molecular weight is 306 g/mol. The lowest BCUT2D eigenvalue weighted by molar-refractivity contribution is -0.130. The molecule has 1 aliphatic rings. The molecule has 1 saturated carbocycles. The fourth-order valence-corrected chi connectivity index (χ4v) is 2.82. The van der Waals surface area contributed by atoms with Crippen LogP contribution in [-0.2, 0) is 20.8 Å². The zero-order chi connectivity index (χ0) is 16.1. The van der Waals surface area contributed by atoms with E-state index >= 15 is 0 Å². The molecular formula is C16H19FN2O3. The van der Waals surface area contributed by atoms with Crippen molar-refractivity contribution in [3.63, 3.8) is 0 Å². The Bertz CT molecular complexity index is 589. The third kappa shape index (κ3) is 4.38. The third-order valence-electron chi connectivity index (χ3n) is 3.87. The molecule has 118 valence electrons. The number of primary amides is 1. The molecule has 0 bridgehead atoms. The maximum Gasteiger partial charge on any atom is 0.240 e. The van der Waals surface area contributed by atoms with Crippen molar-refractivity contribution in [3.8, 4) is 0 Å². The largest absolute Gasteiger partial charge is 0.368 e.